The highest BCUT2D eigenvalue weighted by atomic mass is 19.1. The van der Waals surface area contributed by atoms with Gasteiger partial charge in [0, 0.05) is 17.2 Å². The van der Waals surface area contributed by atoms with Crippen LogP contribution in [0.2, 0.25) is 0 Å². The van der Waals surface area contributed by atoms with Crippen LogP contribution in [0.25, 0.3) is 11.3 Å². The third kappa shape index (κ3) is 2.29. The highest BCUT2D eigenvalue weighted by Gasteiger charge is 2.10. The van der Waals surface area contributed by atoms with E-state index in [0.29, 0.717) is 0 Å². The van der Waals surface area contributed by atoms with Crippen LogP contribution in [0.5, 0.6) is 0 Å². The summed E-state index contributed by atoms with van der Waals surface area (Å²) < 4.78 is 39.2. The lowest BCUT2D eigenvalue weighted by Gasteiger charge is -2.05. The van der Waals surface area contributed by atoms with Gasteiger partial charge < -0.3 is 5.11 Å². The molecule has 0 fully saturated rings. The van der Waals surface area contributed by atoms with Gasteiger partial charge in [-0.25, -0.2) is 13.2 Å². The maximum absolute atomic E-state index is 13.4. The van der Waals surface area contributed by atoms with Gasteiger partial charge in [0.25, 0.3) is 0 Å². The molecule has 88 valence electrons. The highest BCUT2D eigenvalue weighted by Crippen LogP contribution is 2.23. The molecular weight excluding hydrogens is 231 g/mol. The van der Waals surface area contributed by atoms with Crippen LogP contribution < -0.4 is 0 Å². The molecule has 0 aliphatic carbocycles. The van der Waals surface area contributed by atoms with Crippen molar-refractivity contribution < 1.29 is 18.3 Å². The van der Waals surface area contributed by atoms with Gasteiger partial charge in [-0.15, -0.1) is 0 Å². The third-order valence-electron chi connectivity index (χ3n) is 2.31. The summed E-state index contributed by atoms with van der Waals surface area (Å²) in [5.41, 5.74) is 0.216. The molecule has 0 amide bonds. The summed E-state index contributed by atoms with van der Waals surface area (Å²) in [4.78, 5) is 3.70. The largest absolute Gasteiger partial charge is 0.392 e. The lowest BCUT2D eigenvalue weighted by atomic mass is 10.1. The number of aromatic nitrogens is 1. The van der Waals surface area contributed by atoms with Crippen molar-refractivity contribution in [1.29, 1.82) is 0 Å². The Morgan fingerprint density at radius 1 is 1.06 bits per heavy atom. The monoisotopic (exact) mass is 239 g/mol. The van der Waals surface area contributed by atoms with E-state index in [0.717, 1.165) is 18.3 Å². The van der Waals surface area contributed by atoms with E-state index in [-0.39, 0.29) is 16.8 Å². The van der Waals surface area contributed by atoms with Crippen LogP contribution >= 0.6 is 0 Å². The molecule has 1 aromatic heterocycles. The van der Waals surface area contributed by atoms with Crippen molar-refractivity contribution in [3.05, 3.63) is 53.5 Å². The highest BCUT2D eigenvalue weighted by molar-refractivity contribution is 5.60. The number of halogens is 3. The molecule has 0 saturated carbocycles. The van der Waals surface area contributed by atoms with Crippen LogP contribution in [0.4, 0.5) is 13.2 Å². The number of pyridine rings is 1. The van der Waals surface area contributed by atoms with Crippen molar-refractivity contribution in [3.63, 3.8) is 0 Å². The second kappa shape index (κ2) is 4.55. The molecule has 1 N–H and O–H groups in total. The zero-order valence-corrected chi connectivity index (χ0v) is 8.62. The van der Waals surface area contributed by atoms with Crippen LogP contribution in [0.1, 0.15) is 5.56 Å². The molecule has 17 heavy (non-hydrogen) atoms. The number of aliphatic hydroxyl groups is 1. The Morgan fingerprint density at radius 2 is 1.82 bits per heavy atom. The van der Waals surface area contributed by atoms with E-state index < -0.39 is 24.1 Å². The molecule has 0 bridgehead atoms. The van der Waals surface area contributed by atoms with E-state index in [2.05, 4.69) is 4.98 Å². The Balaban J connectivity index is 2.53. The van der Waals surface area contributed by atoms with Gasteiger partial charge in [-0.3, -0.25) is 4.98 Å². The lowest BCUT2D eigenvalue weighted by molar-refractivity contribution is 0.275. The van der Waals surface area contributed by atoms with E-state index >= 15 is 0 Å². The minimum Gasteiger partial charge on any atom is -0.392 e. The van der Waals surface area contributed by atoms with Crippen molar-refractivity contribution in [1.82, 2.24) is 4.98 Å². The zero-order chi connectivity index (χ0) is 12.4. The summed E-state index contributed by atoms with van der Waals surface area (Å²) in [6.07, 6.45) is 0.893. The minimum absolute atomic E-state index is 0.0127. The molecule has 2 aromatic rings. The molecule has 0 spiro atoms. The number of hydrogen-bond acceptors (Lipinski definition) is 2. The first-order chi connectivity index (χ1) is 8.11. The minimum atomic E-state index is -0.784. The normalized spacial score (nSPS) is 10.6. The average molecular weight is 239 g/mol. The van der Waals surface area contributed by atoms with Gasteiger partial charge in [-0.05, 0) is 18.2 Å². The van der Waals surface area contributed by atoms with E-state index in [1.165, 1.54) is 12.1 Å². The number of rotatable bonds is 2. The van der Waals surface area contributed by atoms with Gasteiger partial charge in [-0.1, -0.05) is 0 Å². The Kier molecular flexibility index (Phi) is 3.10. The van der Waals surface area contributed by atoms with Crippen molar-refractivity contribution in [2.75, 3.05) is 0 Å². The molecule has 0 aliphatic heterocycles. The molecule has 2 nitrogen and oxygen atoms in total. The van der Waals surface area contributed by atoms with Crippen molar-refractivity contribution >= 4 is 0 Å². The number of aliphatic hydroxyl groups excluding tert-OH is 1. The fourth-order valence-corrected chi connectivity index (χ4v) is 1.45. The molecule has 2 rings (SSSR count). The smallest absolute Gasteiger partial charge is 0.147 e. The topological polar surface area (TPSA) is 33.1 Å². The fourth-order valence-electron chi connectivity index (χ4n) is 1.45. The Labute approximate surface area is 95.4 Å². The number of hydrogen-bond donors (Lipinski definition) is 1. The molecule has 0 saturated heterocycles. The van der Waals surface area contributed by atoms with Crippen LogP contribution in [0.15, 0.2) is 30.5 Å². The second-order valence-corrected chi connectivity index (χ2v) is 3.44. The summed E-state index contributed by atoms with van der Waals surface area (Å²) in [7, 11) is 0. The van der Waals surface area contributed by atoms with E-state index in [1.54, 1.807) is 0 Å². The van der Waals surface area contributed by atoms with Gasteiger partial charge in [0.15, 0.2) is 0 Å². The Bertz CT molecular complexity index is 557. The molecule has 1 heterocycles. The molecule has 1 aromatic carbocycles. The van der Waals surface area contributed by atoms with Crippen molar-refractivity contribution in [2.45, 2.75) is 6.61 Å². The van der Waals surface area contributed by atoms with Crippen LogP contribution in [0.3, 0.4) is 0 Å². The third-order valence-corrected chi connectivity index (χ3v) is 2.31. The summed E-state index contributed by atoms with van der Waals surface area (Å²) in [5, 5.41) is 8.88. The van der Waals surface area contributed by atoms with Gasteiger partial charge >= 0.3 is 0 Å². The SMILES string of the molecule is OCc1cc(-c2ccc(F)cc2F)ncc1F. The first-order valence-corrected chi connectivity index (χ1v) is 4.82. The standard InChI is InChI=1S/C12H8F3NO/c13-8-1-2-9(10(14)4-8)12-3-7(6-17)11(15)5-16-12/h1-5,17H,6H2. The molecule has 0 unspecified atom stereocenters. The number of nitrogens with zero attached hydrogens (tertiary/aromatic N) is 1. The summed E-state index contributed by atoms with van der Waals surface area (Å²) in [6.45, 7) is -0.510. The maximum Gasteiger partial charge on any atom is 0.147 e. The van der Waals surface area contributed by atoms with E-state index in [1.807, 2.05) is 0 Å². The number of benzene rings is 1. The Hall–Kier alpha value is -1.88. The van der Waals surface area contributed by atoms with Gasteiger partial charge in [-0.2, -0.15) is 0 Å². The first-order valence-electron chi connectivity index (χ1n) is 4.82. The summed E-state index contributed by atoms with van der Waals surface area (Å²) >= 11 is 0. The van der Waals surface area contributed by atoms with Crippen molar-refractivity contribution in [3.8, 4) is 11.3 Å². The molecular formula is C12H8F3NO. The quantitative estimate of drug-likeness (QED) is 0.873. The predicted octanol–water partition coefficient (Wildman–Crippen LogP) is 2.66. The van der Waals surface area contributed by atoms with Crippen molar-refractivity contribution in [2.24, 2.45) is 0 Å². The zero-order valence-electron chi connectivity index (χ0n) is 8.62. The van der Waals surface area contributed by atoms with E-state index in [9.17, 15) is 13.2 Å². The first kappa shape index (κ1) is 11.6. The van der Waals surface area contributed by atoms with Gasteiger partial charge in [0.1, 0.15) is 17.5 Å². The van der Waals surface area contributed by atoms with E-state index in [4.69, 9.17) is 5.11 Å². The summed E-state index contributed by atoms with van der Waals surface area (Å²) in [6, 6.07) is 4.25. The van der Waals surface area contributed by atoms with Crippen LogP contribution in [0, 0.1) is 17.5 Å². The summed E-state index contributed by atoms with van der Waals surface area (Å²) in [5.74, 6) is -2.15. The lowest BCUT2D eigenvalue weighted by Crippen LogP contribution is -1.95. The van der Waals surface area contributed by atoms with Gasteiger partial charge in [0.2, 0.25) is 0 Å². The van der Waals surface area contributed by atoms with Crippen LogP contribution in [-0.4, -0.2) is 10.1 Å². The molecule has 0 aliphatic rings. The van der Waals surface area contributed by atoms with Gasteiger partial charge in [0.05, 0.1) is 18.5 Å². The fraction of sp³-hybridized carbons (Fsp3) is 0.0833. The molecule has 0 radical (unpaired) electrons. The average Bonchev–Trinajstić information content (AvgIpc) is 2.30. The second-order valence-electron chi connectivity index (χ2n) is 3.44. The molecule has 0 atom stereocenters. The predicted molar refractivity (Wildman–Crippen MR) is 55.5 cm³/mol. The Morgan fingerprint density at radius 3 is 2.47 bits per heavy atom. The maximum atomic E-state index is 13.4. The van der Waals surface area contributed by atoms with Crippen LogP contribution in [-0.2, 0) is 6.61 Å². The molecule has 5 heteroatoms.